The number of alkyl halides is 6. The highest BCUT2D eigenvalue weighted by Crippen LogP contribution is 2.37. The Hall–Kier alpha value is -4.06. The largest absolute Gasteiger partial charge is 0.416 e. The number of hydrogen-bond donors (Lipinski definition) is 1. The molecule has 1 heterocycles. The first-order chi connectivity index (χ1) is 19.3. The SMILES string of the molecule is CC(C)c1ccc(/C=N/n2cc(-c3ccccc3)nc2SCC(=O)Nc2cc(C(F)(F)F)cc(C(F)(F)F)c2)cc1. The van der Waals surface area contributed by atoms with Gasteiger partial charge in [-0.3, -0.25) is 4.79 Å². The number of aromatic nitrogens is 2. The molecule has 1 N–H and O–H groups in total. The lowest BCUT2D eigenvalue weighted by molar-refractivity contribution is -0.143. The van der Waals surface area contributed by atoms with E-state index >= 15 is 0 Å². The van der Waals surface area contributed by atoms with Gasteiger partial charge in [0.05, 0.1) is 35.0 Å². The summed E-state index contributed by atoms with van der Waals surface area (Å²) < 4.78 is 80.5. The van der Waals surface area contributed by atoms with Crippen molar-refractivity contribution in [2.24, 2.45) is 5.10 Å². The lowest BCUT2D eigenvalue weighted by atomic mass is 10.0. The second-order valence-electron chi connectivity index (χ2n) is 9.32. The molecule has 0 fully saturated rings. The molecule has 0 bridgehead atoms. The van der Waals surface area contributed by atoms with E-state index in [2.05, 4.69) is 29.2 Å². The Kier molecular flexibility index (Phi) is 8.91. The summed E-state index contributed by atoms with van der Waals surface area (Å²) in [5, 5.41) is 6.90. The summed E-state index contributed by atoms with van der Waals surface area (Å²) in [7, 11) is 0. The van der Waals surface area contributed by atoms with Crippen molar-refractivity contribution in [2.75, 3.05) is 11.1 Å². The van der Waals surface area contributed by atoms with Gasteiger partial charge in [0.15, 0.2) is 5.16 Å². The fourth-order valence-electron chi connectivity index (χ4n) is 3.73. The maximum absolute atomic E-state index is 13.2. The Bertz CT molecular complexity index is 1500. The smallest absolute Gasteiger partial charge is 0.325 e. The predicted octanol–water partition coefficient (Wildman–Crippen LogP) is 8.32. The molecule has 4 rings (SSSR count). The van der Waals surface area contributed by atoms with Gasteiger partial charge in [0, 0.05) is 11.3 Å². The third-order valence-corrected chi connectivity index (χ3v) is 6.81. The molecule has 3 aromatic carbocycles. The zero-order chi connectivity index (χ0) is 29.8. The number of thioether (sulfide) groups is 1. The number of benzene rings is 3. The Balaban J connectivity index is 1.55. The Morgan fingerprint density at radius 2 is 1.56 bits per heavy atom. The summed E-state index contributed by atoms with van der Waals surface area (Å²) in [5.41, 5.74) is -0.312. The van der Waals surface area contributed by atoms with E-state index in [9.17, 15) is 31.1 Å². The van der Waals surface area contributed by atoms with Crippen LogP contribution in [-0.4, -0.2) is 27.5 Å². The predicted molar refractivity (Wildman–Crippen MR) is 147 cm³/mol. The third kappa shape index (κ3) is 8.00. The molecule has 0 spiro atoms. The van der Waals surface area contributed by atoms with E-state index in [-0.39, 0.29) is 11.8 Å². The van der Waals surface area contributed by atoms with Crippen LogP contribution in [0, 0.1) is 0 Å². The van der Waals surface area contributed by atoms with E-state index in [0.29, 0.717) is 28.9 Å². The Morgan fingerprint density at radius 3 is 2.12 bits per heavy atom. The van der Waals surface area contributed by atoms with Crippen molar-refractivity contribution >= 4 is 29.6 Å². The van der Waals surface area contributed by atoms with E-state index in [1.807, 2.05) is 54.6 Å². The van der Waals surface area contributed by atoms with E-state index in [1.165, 1.54) is 10.2 Å². The van der Waals surface area contributed by atoms with Crippen LogP contribution in [0.3, 0.4) is 0 Å². The van der Waals surface area contributed by atoms with Gasteiger partial charge >= 0.3 is 12.4 Å². The summed E-state index contributed by atoms with van der Waals surface area (Å²) in [6.07, 6.45) is -6.77. The van der Waals surface area contributed by atoms with Gasteiger partial charge in [-0.25, -0.2) is 9.66 Å². The van der Waals surface area contributed by atoms with Crippen LogP contribution < -0.4 is 5.32 Å². The minimum Gasteiger partial charge on any atom is -0.325 e. The molecule has 0 aliphatic heterocycles. The molecule has 1 aromatic heterocycles. The monoisotopic (exact) mass is 590 g/mol. The molecule has 0 atom stereocenters. The number of rotatable bonds is 8. The highest BCUT2D eigenvalue weighted by Gasteiger charge is 2.37. The first-order valence-electron chi connectivity index (χ1n) is 12.3. The maximum atomic E-state index is 13.2. The fourth-order valence-corrected chi connectivity index (χ4v) is 4.46. The maximum Gasteiger partial charge on any atom is 0.416 e. The molecule has 0 radical (unpaired) electrons. The van der Waals surface area contributed by atoms with Gasteiger partial charge in [0.2, 0.25) is 5.91 Å². The number of nitrogens with zero attached hydrogens (tertiary/aromatic N) is 3. The number of amides is 1. The summed E-state index contributed by atoms with van der Waals surface area (Å²) in [5.74, 6) is -0.790. The second-order valence-corrected chi connectivity index (χ2v) is 10.3. The van der Waals surface area contributed by atoms with E-state index in [0.717, 1.165) is 22.9 Å². The van der Waals surface area contributed by atoms with Crippen molar-refractivity contribution in [3.05, 3.63) is 101 Å². The number of carbonyl (C=O) groups is 1. The lowest BCUT2D eigenvalue weighted by Gasteiger charge is -2.14. The van der Waals surface area contributed by atoms with Crippen LogP contribution in [-0.2, 0) is 17.1 Å². The number of hydrogen-bond acceptors (Lipinski definition) is 4. The molecule has 0 unspecified atom stereocenters. The summed E-state index contributed by atoms with van der Waals surface area (Å²) in [6.45, 7) is 4.17. The fraction of sp³-hybridized carbons (Fsp3) is 0.207. The highest BCUT2D eigenvalue weighted by molar-refractivity contribution is 7.99. The first kappa shape index (κ1) is 29.9. The first-order valence-corrected chi connectivity index (χ1v) is 13.3. The van der Waals surface area contributed by atoms with Gasteiger partial charge in [-0.05, 0) is 35.2 Å². The molecule has 4 aromatic rings. The molecular formula is C29H24F6N4OS. The molecule has 41 heavy (non-hydrogen) atoms. The summed E-state index contributed by atoms with van der Waals surface area (Å²) in [6, 6.07) is 17.9. The van der Waals surface area contributed by atoms with Crippen molar-refractivity contribution in [1.82, 2.24) is 9.66 Å². The van der Waals surface area contributed by atoms with E-state index in [1.54, 1.807) is 12.4 Å². The molecule has 214 valence electrons. The van der Waals surface area contributed by atoms with Gasteiger partial charge in [0.25, 0.3) is 0 Å². The number of halogens is 6. The van der Waals surface area contributed by atoms with Crippen LogP contribution in [0.2, 0.25) is 0 Å². The molecule has 0 aliphatic rings. The molecule has 0 aliphatic carbocycles. The molecule has 5 nitrogen and oxygen atoms in total. The van der Waals surface area contributed by atoms with Crippen molar-refractivity contribution < 1.29 is 31.1 Å². The van der Waals surface area contributed by atoms with Crippen LogP contribution >= 0.6 is 11.8 Å². The van der Waals surface area contributed by atoms with Gasteiger partial charge in [0.1, 0.15) is 0 Å². The minimum atomic E-state index is -5.03. The molecule has 0 saturated carbocycles. The Morgan fingerprint density at radius 1 is 0.951 bits per heavy atom. The quantitative estimate of drug-likeness (QED) is 0.128. The van der Waals surface area contributed by atoms with Crippen molar-refractivity contribution in [3.8, 4) is 11.3 Å². The normalized spacial score (nSPS) is 12.3. The average molecular weight is 591 g/mol. The van der Waals surface area contributed by atoms with Crippen molar-refractivity contribution in [2.45, 2.75) is 37.3 Å². The summed E-state index contributed by atoms with van der Waals surface area (Å²) in [4.78, 5) is 17.1. The minimum absolute atomic E-state index is 0.000695. The Labute approximate surface area is 236 Å². The third-order valence-electron chi connectivity index (χ3n) is 5.86. The average Bonchev–Trinajstić information content (AvgIpc) is 3.33. The van der Waals surface area contributed by atoms with Gasteiger partial charge in [-0.2, -0.15) is 31.4 Å². The molecular weight excluding hydrogens is 566 g/mol. The van der Waals surface area contributed by atoms with Gasteiger partial charge < -0.3 is 5.32 Å². The number of carbonyl (C=O) groups excluding carboxylic acids is 1. The van der Waals surface area contributed by atoms with Crippen LogP contribution in [0.5, 0.6) is 0 Å². The van der Waals surface area contributed by atoms with Crippen molar-refractivity contribution in [3.63, 3.8) is 0 Å². The van der Waals surface area contributed by atoms with E-state index in [4.69, 9.17) is 0 Å². The standard InChI is InChI=1S/C29H24F6N4OS/c1-18(2)20-10-8-19(9-11-20)15-36-39-16-25(21-6-4-3-5-7-21)38-27(39)41-17-26(40)37-24-13-22(28(30,31)32)12-23(14-24)29(33,34)35/h3-16,18H,17H2,1-2H3,(H,37,40)/b36-15+. The topological polar surface area (TPSA) is 59.3 Å². The highest BCUT2D eigenvalue weighted by atomic mass is 32.2. The zero-order valence-electron chi connectivity index (χ0n) is 21.8. The number of nitrogens with one attached hydrogen (secondary N) is 1. The van der Waals surface area contributed by atoms with Crippen LogP contribution in [0.1, 0.15) is 42.0 Å². The second kappa shape index (κ2) is 12.2. The number of imidazole rings is 1. The number of anilines is 1. The van der Waals surface area contributed by atoms with Crippen LogP contribution in [0.25, 0.3) is 11.3 Å². The van der Waals surface area contributed by atoms with Crippen molar-refractivity contribution in [1.29, 1.82) is 0 Å². The van der Waals surface area contributed by atoms with Gasteiger partial charge in [-0.15, -0.1) is 0 Å². The van der Waals surface area contributed by atoms with Crippen LogP contribution in [0.15, 0.2) is 89.3 Å². The molecule has 12 heteroatoms. The lowest BCUT2D eigenvalue weighted by Crippen LogP contribution is -2.17. The molecule has 1 amide bonds. The van der Waals surface area contributed by atoms with Gasteiger partial charge in [-0.1, -0.05) is 80.2 Å². The van der Waals surface area contributed by atoms with Crippen LogP contribution in [0.4, 0.5) is 32.0 Å². The zero-order valence-corrected chi connectivity index (χ0v) is 22.6. The summed E-state index contributed by atoms with van der Waals surface area (Å²) >= 11 is 0.933. The molecule has 0 saturated heterocycles. The van der Waals surface area contributed by atoms with E-state index < -0.39 is 35.1 Å².